The van der Waals surface area contributed by atoms with Crippen molar-refractivity contribution in [3.63, 3.8) is 0 Å². The van der Waals surface area contributed by atoms with E-state index in [-0.39, 0.29) is 16.5 Å². The number of nitrogens with zero attached hydrogens (tertiary/aromatic N) is 1. The second kappa shape index (κ2) is 7.39. The Bertz CT molecular complexity index is 966. The van der Waals surface area contributed by atoms with Crippen molar-refractivity contribution in [2.24, 2.45) is 0 Å². The largest absolute Gasteiger partial charge is 0.364 e. The topological polar surface area (TPSA) is 48.3 Å². The standard InChI is InChI=1S/C19H19NO3S2/c1-15-7-9-17(10-8-15)25(21,22)19(13-16-5-4-12-24-16)18-6-3-11-20(18)14-23-2/h3-13H,14H2,1-2H3/b19-13+. The number of ether oxygens (including phenoxy) is 1. The van der Waals surface area contributed by atoms with Gasteiger partial charge in [-0.25, -0.2) is 8.42 Å². The molecular weight excluding hydrogens is 354 g/mol. The molecule has 4 nitrogen and oxygen atoms in total. The molecule has 130 valence electrons. The molecule has 0 unspecified atom stereocenters. The molecule has 3 rings (SSSR count). The summed E-state index contributed by atoms with van der Waals surface area (Å²) >= 11 is 1.50. The minimum absolute atomic E-state index is 0.265. The number of rotatable bonds is 6. The number of benzene rings is 1. The molecule has 2 aromatic heterocycles. The maximum absolute atomic E-state index is 13.3. The zero-order chi connectivity index (χ0) is 17.9. The first-order chi connectivity index (χ1) is 12.0. The molecule has 0 amide bonds. The van der Waals surface area contributed by atoms with Crippen LogP contribution >= 0.6 is 11.3 Å². The summed E-state index contributed by atoms with van der Waals surface area (Å²) in [5, 5.41) is 1.93. The molecule has 0 bridgehead atoms. The smallest absolute Gasteiger partial charge is 0.208 e. The molecule has 0 atom stereocenters. The number of thiophene rings is 1. The third-order valence-electron chi connectivity index (χ3n) is 3.79. The average Bonchev–Trinajstić information content (AvgIpc) is 3.25. The molecule has 25 heavy (non-hydrogen) atoms. The van der Waals surface area contributed by atoms with Gasteiger partial charge in [-0.15, -0.1) is 11.3 Å². The molecule has 0 fully saturated rings. The van der Waals surface area contributed by atoms with Gasteiger partial charge in [0.2, 0.25) is 9.84 Å². The minimum Gasteiger partial charge on any atom is -0.364 e. The van der Waals surface area contributed by atoms with Gasteiger partial charge in [0.25, 0.3) is 0 Å². The molecule has 0 saturated heterocycles. The van der Waals surface area contributed by atoms with Crippen LogP contribution in [-0.2, 0) is 21.3 Å². The second-order valence-corrected chi connectivity index (χ2v) is 8.52. The number of aryl methyl sites for hydroxylation is 1. The van der Waals surface area contributed by atoms with E-state index in [1.807, 2.05) is 48.8 Å². The maximum Gasteiger partial charge on any atom is 0.208 e. The van der Waals surface area contributed by atoms with Crippen LogP contribution in [0.1, 0.15) is 16.1 Å². The first kappa shape index (κ1) is 17.7. The molecule has 2 heterocycles. The van der Waals surface area contributed by atoms with Crippen LogP contribution in [0.25, 0.3) is 11.0 Å². The fourth-order valence-corrected chi connectivity index (χ4v) is 4.75. The Labute approximate surface area is 151 Å². The van der Waals surface area contributed by atoms with Crippen molar-refractivity contribution in [3.8, 4) is 0 Å². The van der Waals surface area contributed by atoms with Crippen LogP contribution in [0.5, 0.6) is 0 Å². The molecular formula is C19H19NO3S2. The van der Waals surface area contributed by atoms with E-state index in [1.165, 1.54) is 11.3 Å². The predicted octanol–water partition coefficient (Wildman–Crippen LogP) is 4.43. The molecule has 0 N–H and O–H groups in total. The SMILES string of the molecule is COCn1cccc1/C(=C\c1cccs1)S(=O)(=O)c1ccc(C)cc1. The van der Waals surface area contributed by atoms with Crippen molar-refractivity contribution in [2.75, 3.05) is 7.11 Å². The van der Waals surface area contributed by atoms with Gasteiger partial charge in [-0.3, -0.25) is 0 Å². The van der Waals surface area contributed by atoms with E-state index in [1.54, 1.807) is 36.0 Å². The van der Waals surface area contributed by atoms with Crippen molar-refractivity contribution < 1.29 is 13.2 Å². The summed E-state index contributed by atoms with van der Waals surface area (Å²) in [7, 11) is -2.08. The van der Waals surface area contributed by atoms with Crippen LogP contribution in [0, 0.1) is 6.92 Å². The lowest BCUT2D eigenvalue weighted by Crippen LogP contribution is -2.10. The van der Waals surface area contributed by atoms with Crippen molar-refractivity contribution in [2.45, 2.75) is 18.6 Å². The number of sulfone groups is 1. The molecule has 0 aliphatic rings. The fourth-order valence-electron chi connectivity index (χ4n) is 2.53. The molecule has 0 aliphatic heterocycles. The highest BCUT2D eigenvalue weighted by Crippen LogP contribution is 2.31. The highest BCUT2D eigenvalue weighted by molar-refractivity contribution is 8.00. The van der Waals surface area contributed by atoms with E-state index < -0.39 is 9.84 Å². The highest BCUT2D eigenvalue weighted by Gasteiger charge is 2.24. The number of methoxy groups -OCH3 is 1. The van der Waals surface area contributed by atoms with Crippen LogP contribution in [0.15, 0.2) is 65.0 Å². The van der Waals surface area contributed by atoms with Crippen molar-refractivity contribution in [3.05, 3.63) is 76.2 Å². The van der Waals surface area contributed by atoms with Crippen molar-refractivity contribution in [1.82, 2.24) is 4.57 Å². The summed E-state index contributed by atoms with van der Waals surface area (Å²) in [6, 6.07) is 14.3. The Morgan fingerprint density at radius 1 is 1.16 bits per heavy atom. The minimum atomic E-state index is -3.67. The van der Waals surface area contributed by atoms with Crippen LogP contribution in [-0.4, -0.2) is 20.1 Å². The van der Waals surface area contributed by atoms with Gasteiger partial charge in [-0.1, -0.05) is 23.8 Å². The van der Waals surface area contributed by atoms with E-state index in [2.05, 4.69) is 0 Å². The van der Waals surface area contributed by atoms with Crippen LogP contribution < -0.4 is 0 Å². The van der Waals surface area contributed by atoms with Crippen LogP contribution in [0.3, 0.4) is 0 Å². The maximum atomic E-state index is 13.3. The Hall–Kier alpha value is -2.15. The normalized spacial score (nSPS) is 12.5. The van der Waals surface area contributed by atoms with Gasteiger partial charge in [0.05, 0.1) is 15.5 Å². The van der Waals surface area contributed by atoms with Gasteiger partial charge in [0.15, 0.2) is 0 Å². The molecule has 1 aromatic carbocycles. The zero-order valence-corrected chi connectivity index (χ0v) is 15.7. The fraction of sp³-hybridized carbons (Fsp3) is 0.158. The quantitative estimate of drug-likeness (QED) is 0.642. The summed E-state index contributed by atoms with van der Waals surface area (Å²) in [4.78, 5) is 1.43. The Morgan fingerprint density at radius 2 is 1.92 bits per heavy atom. The third kappa shape index (κ3) is 3.76. The molecule has 6 heteroatoms. The summed E-state index contributed by atoms with van der Waals surface area (Å²) in [6.45, 7) is 2.22. The molecule has 0 radical (unpaired) electrons. The number of aromatic nitrogens is 1. The first-order valence-corrected chi connectivity index (χ1v) is 10.1. The van der Waals surface area contributed by atoms with Gasteiger partial charge in [-0.05, 0) is 48.7 Å². The van der Waals surface area contributed by atoms with Gasteiger partial charge in [-0.2, -0.15) is 0 Å². The monoisotopic (exact) mass is 373 g/mol. The van der Waals surface area contributed by atoms with Crippen molar-refractivity contribution >= 4 is 32.2 Å². The molecule has 0 saturated carbocycles. The Morgan fingerprint density at radius 3 is 2.56 bits per heavy atom. The van der Waals surface area contributed by atoms with Gasteiger partial charge in [0, 0.05) is 18.2 Å². The highest BCUT2D eigenvalue weighted by atomic mass is 32.2. The van der Waals surface area contributed by atoms with Gasteiger partial charge < -0.3 is 9.30 Å². The number of hydrogen-bond donors (Lipinski definition) is 0. The molecule has 0 spiro atoms. The Balaban J connectivity index is 2.17. The zero-order valence-electron chi connectivity index (χ0n) is 14.0. The van der Waals surface area contributed by atoms with E-state index >= 15 is 0 Å². The molecule has 3 aromatic rings. The van der Waals surface area contributed by atoms with Crippen molar-refractivity contribution in [1.29, 1.82) is 0 Å². The van der Waals surface area contributed by atoms with E-state index in [0.29, 0.717) is 5.69 Å². The summed E-state index contributed by atoms with van der Waals surface area (Å²) in [6.07, 6.45) is 3.53. The molecule has 0 aliphatic carbocycles. The average molecular weight is 373 g/mol. The van der Waals surface area contributed by atoms with E-state index in [9.17, 15) is 8.42 Å². The lowest BCUT2D eigenvalue weighted by atomic mass is 10.2. The summed E-state index contributed by atoms with van der Waals surface area (Å²) in [5.74, 6) is 0. The van der Waals surface area contributed by atoms with E-state index in [0.717, 1.165) is 10.4 Å². The van der Waals surface area contributed by atoms with E-state index in [4.69, 9.17) is 4.74 Å². The number of hydrogen-bond acceptors (Lipinski definition) is 4. The third-order valence-corrected chi connectivity index (χ3v) is 6.41. The van der Waals surface area contributed by atoms with Crippen LogP contribution in [0.4, 0.5) is 0 Å². The Kier molecular flexibility index (Phi) is 5.22. The lowest BCUT2D eigenvalue weighted by Gasteiger charge is -2.13. The van der Waals surface area contributed by atoms with Gasteiger partial charge >= 0.3 is 0 Å². The lowest BCUT2D eigenvalue weighted by molar-refractivity contribution is 0.131. The second-order valence-electron chi connectivity index (χ2n) is 5.62. The summed E-state index contributed by atoms with van der Waals surface area (Å²) in [5.41, 5.74) is 1.63. The predicted molar refractivity (Wildman–Crippen MR) is 102 cm³/mol. The van der Waals surface area contributed by atoms with Crippen LogP contribution in [0.2, 0.25) is 0 Å². The first-order valence-electron chi connectivity index (χ1n) is 7.74. The summed E-state index contributed by atoms with van der Waals surface area (Å²) < 4.78 is 33.6. The van der Waals surface area contributed by atoms with Gasteiger partial charge in [0.1, 0.15) is 6.73 Å².